The summed E-state index contributed by atoms with van der Waals surface area (Å²) in [6.45, 7) is 30.4. The van der Waals surface area contributed by atoms with Crippen LogP contribution in [0.4, 0.5) is 18.4 Å². The van der Waals surface area contributed by atoms with E-state index in [1.54, 1.807) is 27.9 Å². The van der Waals surface area contributed by atoms with E-state index in [4.69, 9.17) is 52.4 Å². The third-order valence-electron chi connectivity index (χ3n) is 14.8. The van der Waals surface area contributed by atoms with Gasteiger partial charge in [-0.25, -0.2) is 51.4 Å². The molecule has 4 aromatic heterocycles. The number of nitrogens with zero attached hydrogens (tertiary/aromatic N) is 8. The molecule has 0 spiro atoms. The number of benzene rings is 2. The van der Waals surface area contributed by atoms with Crippen LogP contribution in [0, 0.1) is 35.3 Å². The number of pyridine rings is 2. The topological polar surface area (TPSA) is 300 Å². The lowest BCUT2D eigenvalue weighted by atomic mass is 9.93. The van der Waals surface area contributed by atoms with Crippen molar-refractivity contribution in [1.29, 1.82) is 0 Å². The zero-order valence-corrected chi connectivity index (χ0v) is 59.4. The minimum Gasteiger partial charge on any atom is -0.493 e. The number of halogens is 4. The average Bonchev–Trinajstić information content (AvgIpc) is 1.78. The average molecular weight is 1400 g/mol. The normalized spacial score (nSPS) is 16.2. The Bertz CT molecular complexity index is 3930. The quantitative estimate of drug-likeness (QED) is 0.0564. The fourth-order valence-electron chi connectivity index (χ4n) is 10.6. The monoisotopic (exact) mass is 1400 g/mol. The molecule has 520 valence electrons. The minimum absolute atomic E-state index is 0.0990. The molecule has 2 fully saturated rings. The number of carbonyl (C=O) groups excluding carboxylic acids is 3. The molecule has 8 rings (SSSR count). The molecule has 6 aromatic rings. The lowest BCUT2D eigenvalue weighted by molar-refractivity contribution is 0.0118. The van der Waals surface area contributed by atoms with E-state index in [0.717, 1.165) is 32.1 Å². The Hall–Kier alpha value is -7.46. The Kier molecular flexibility index (Phi) is 25.5. The van der Waals surface area contributed by atoms with E-state index in [1.165, 1.54) is 71.5 Å². The summed E-state index contributed by atoms with van der Waals surface area (Å²) in [7, 11) is -8.08. The van der Waals surface area contributed by atoms with Gasteiger partial charge in [0.1, 0.15) is 44.6 Å². The highest BCUT2D eigenvalue weighted by molar-refractivity contribution is 7.90. The number of aromatic carboxylic acids is 1. The molecular formula is C66H88Cl2F2N10O13S2. The molecule has 0 bridgehead atoms. The van der Waals surface area contributed by atoms with Crippen LogP contribution in [0.3, 0.4) is 0 Å². The van der Waals surface area contributed by atoms with E-state index >= 15 is 0 Å². The number of likely N-dealkylation sites (tertiary alicyclic amines) is 2. The molecule has 2 atom stereocenters. The zero-order valence-electron chi connectivity index (χ0n) is 56.2. The van der Waals surface area contributed by atoms with Crippen LogP contribution in [0.5, 0.6) is 11.5 Å². The lowest BCUT2D eigenvalue weighted by Gasteiger charge is -2.33. The van der Waals surface area contributed by atoms with Crippen LogP contribution in [-0.2, 0) is 42.6 Å². The van der Waals surface area contributed by atoms with Crippen LogP contribution in [-0.4, -0.2) is 134 Å². The van der Waals surface area contributed by atoms with Crippen molar-refractivity contribution in [3.05, 3.63) is 118 Å². The molecule has 2 aliphatic heterocycles. The Morgan fingerprint density at radius 2 is 1.04 bits per heavy atom. The Balaban J connectivity index is 0.000000250. The SMILES string of the molecule is CC(C)(C)OC(=O)N1C[C@@H](CCCn2ccc(S(N)(=O)=O)n2)CC1(C)C.CC(C)COc1cc(F)cc(-c2ccc(C(=O)NS(=O)(=O)c3ccn(CCC[C@@H]4CN(C(=O)OC(C)(C)C)C(C)(C)C4)n3)c(Cl)n2)c1.CC(C)COc1cc(F)cc(-c2ccc(C(=O)O)c(Cl)n2)c1. The summed E-state index contributed by atoms with van der Waals surface area (Å²) in [5.41, 5.74) is -0.415. The summed E-state index contributed by atoms with van der Waals surface area (Å²) in [6, 6.07) is 16.7. The van der Waals surface area contributed by atoms with Gasteiger partial charge in [-0.1, -0.05) is 50.9 Å². The summed E-state index contributed by atoms with van der Waals surface area (Å²) in [6.07, 6.45) is 7.58. The van der Waals surface area contributed by atoms with Crippen molar-refractivity contribution in [2.75, 3.05) is 26.3 Å². The van der Waals surface area contributed by atoms with Gasteiger partial charge in [-0.2, -0.15) is 18.6 Å². The number of carbonyl (C=O) groups is 4. The van der Waals surface area contributed by atoms with E-state index in [0.29, 0.717) is 86.0 Å². The van der Waals surface area contributed by atoms with E-state index in [1.807, 2.05) is 92.7 Å². The maximum absolute atomic E-state index is 14.3. The number of hydrogen-bond donors (Lipinski definition) is 3. The molecule has 2 aliphatic rings. The lowest BCUT2D eigenvalue weighted by Crippen LogP contribution is -2.45. The molecule has 6 heterocycles. The van der Waals surface area contributed by atoms with Crippen molar-refractivity contribution >= 4 is 67.3 Å². The van der Waals surface area contributed by atoms with Gasteiger partial charge in [-0.3, -0.25) is 14.2 Å². The van der Waals surface area contributed by atoms with Gasteiger partial charge < -0.3 is 33.9 Å². The smallest absolute Gasteiger partial charge is 0.410 e. The van der Waals surface area contributed by atoms with Crippen LogP contribution in [0.15, 0.2) is 95.2 Å². The van der Waals surface area contributed by atoms with Crippen molar-refractivity contribution in [3.8, 4) is 34.0 Å². The predicted molar refractivity (Wildman–Crippen MR) is 356 cm³/mol. The highest BCUT2D eigenvalue weighted by Gasteiger charge is 2.44. The van der Waals surface area contributed by atoms with Gasteiger partial charge in [0.25, 0.3) is 26.0 Å². The number of aromatic nitrogens is 6. The van der Waals surface area contributed by atoms with Gasteiger partial charge in [-0.05, 0) is 192 Å². The molecule has 2 aromatic carbocycles. The van der Waals surface area contributed by atoms with E-state index in [9.17, 15) is 44.8 Å². The zero-order chi connectivity index (χ0) is 70.8. The summed E-state index contributed by atoms with van der Waals surface area (Å²) in [5, 5.41) is 21.3. The Morgan fingerprint density at radius 1 is 0.642 bits per heavy atom. The number of nitrogens with two attached hydrogens (primary N) is 1. The number of hydrogen-bond acceptors (Lipinski definition) is 16. The first-order valence-corrected chi connectivity index (χ1v) is 34.9. The Morgan fingerprint density at radius 3 is 1.41 bits per heavy atom. The fraction of sp³-hybridized carbons (Fsp3) is 0.515. The molecule has 3 amide bonds. The van der Waals surface area contributed by atoms with Gasteiger partial charge in [0.05, 0.1) is 35.7 Å². The highest BCUT2D eigenvalue weighted by atomic mass is 35.5. The summed E-state index contributed by atoms with van der Waals surface area (Å²) in [4.78, 5) is 60.8. The maximum Gasteiger partial charge on any atom is 0.410 e. The van der Waals surface area contributed by atoms with Crippen LogP contribution in [0.25, 0.3) is 22.5 Å². The number of carboxylic acid groups (broad SMARTS) is 1. The van der Waals surface area contributed by atoms with E-state index in [-0.39, 0.29) is 72.3 Å². The molecule has 0 unspecified atom stereocenters. The largest absolute Gasteiger partial charge is 0.493 e. The van der Waals surface area contributed by atoms with Crippen LogP contribution < -0.4 is 19.3 Å². The van der Waals surface area contributed by atoms with E-state index in [2.05, 4.69) is 34.0 Å². The van der Waals surface area contributed by atoms with Gasteiger partial charge in [0.15, 0.2) is 10.1 Å². The number of sulfonamides is 2. The van der Waals surface area contributed by atoms with Crippen LogP contribution >= 0.6 is 23.2 Å². The van der Waals surface area contributed by atoms with Crippen molar-refractivity contribution < 1.29 is 68.8 Å². The molecule has 29 heteroatoms. The minimum atomic E-state index is -4.32. The first-order valence-electron chi connectivity index (χ1n) is 31.1. The van der Waals surface area contributed by atoms with Gasteiger partial charge in [0.2, 0.25) is 0 Å². The molecule has 0 aliphatic carbocycles. The number of aryl methyl sites for hydroxylation is 2. The highest BCUT2D eigenvalue weighted by Crippen LogP contribution is 2.38. The predicted octanol–water partition coefficient (Wildman–Crippen LogP) is 13.3. The second-order valence-electron chi connectivity index (χ2n) is 27.7. The second kappa shape index (κ2) is 31.6. The number of rotatable bonds is 21. The summed E-state index contributed by atoms with van der Waals surface area (Å²) < 4.78 is 104. The fourth-order valence-corrected chi connectivity index (χ4v) is 12.5. The molecule has 0 saturated carbocycles. The molecule has 0 radical (unpaired) electrons. The third kappa shape index (κ3) is 23.1. The molecule has 4 N–H and O–H groups in total. The summed E-state index contributed by atoms with van der Waals surface area (Å²) in [5.74, 6) is -1.22. The molecule has 23 nitrogen and oxygen atoms in total. The first kappa shape index (κ1) is 76.6. The third-order valence-corrected chi connectivity index (χ3v) is 17.4. The van der Waals surface area contributed by atoms with Crippen molar-refractivity contribution in [2.45, 2.75) is 181 Å². The van der Waals surface area contributed by atoms with Crippen LogP contribution in [0.1, 0.15) is 156 Å². The standard InChI is InChI=1S/C33H43ClFN5O6S.C17H30N4O4S.C16H15ClFNO3/c1-21(2)20-45-25-16-23(15-24(35)17-25)27-11-10-26(29(34)36-27)30(41)38-47(43,44)28-12-14-39(37-28)13-8-9-22-18-33(6,7)40(19-22)31(42)46-32(3,4)5;1-16(2,3)25-15(22)21-12-13(11-17(21,4)5)7-6-9-20-10-8-14(19-20)26(18,23)24;1-9(2)8-22-12-6-10(5-11(18)7-12)14-4-3-13(16(20)21)15(17)19-14/h10-12,14-17,21-22H,8-9,13,18-20H2,1-7H3,(H,38,41);8,10,13H,6-7,9,11-12H2,1-5H3,(H2,18,23,24);3-7,9H,8H2,1-2H3,(H,20,21)/t22-;13-;/m00./s1. The second-order valence-corrected chi connectivity index (χ2v) is 31.5. The van der Waals surface area contributed by atoms with Crippen LogP contribution in [0.2, 0.25) is 10.3 Å². The molecule has 95 heavy (non-hydrogen) atoms. The number of primary sulfonamides is 1. The van der Waals surface area contributed by atoms with Crippen molar-refractivity contribution in [3.63, 3.8) is 0 Å². The van der Waals surface area contributed by atoms with Gasteiger partial charge in [0, 0.05) is 72.9 Å². The number of amides is 3. The Labute approximate surface area is 565 Å². The summed E-state index contributed by atoms with van der Waals surface area (Å²) >= 11 is 12.1. The number of nitrogens with one attached hydrogen (secondary N) is 1. The van der Waals surface area contributed by atoms with E-state index < -0.39 is 54.8 Å². The van der Waals surface area contributed by atoms with Crippen molar-refractivity contribution in [1.82, 2.24) is 44.1 Å². The van der Waals surface area contributed by atoms with Gasteiger partial charge in [-0.15, -0.1) is 0 Å². The first-order chi connectivity index (χ1) is 44.0. The van der Waals surface area contributed by atoms with Gasteiger partial charge >= 0.3 is 18.2 Å². The molecular weight excluding hydrogens is 1310 g/mol. The number of ether oxygens (including phenoxy) is 4. The van der Waals surface area contributed by atoms with Crippen molar-refractivity contribution in [2.24, 2.45) is 28.8 Å². The maximum atomic E-state index is 14.3. The molecule has 2 saturated heterocycles. The number of carboxylic acids is 1.